The van der Waals surface area contributed by atoms with Gasteiger partial charge in [-0.3, -0.25) is 0 Å². The second-order valence-corrected chi connectivity index (χ2v) is 7.70. The van der Waals surface area contributed by atoms with E-state index in [2.05, 4.69) is 21.8 Å². The number of sulfonamides is 1. The minimum absolute atomic E-state index is 0.0587. The van der Waals surface area contributed by atoms with Gasteiger partial charge in [0.2, 0.25) is 9.47 Å². The van der Waals surface area contributed by atoms with Crippen LogP contribution in [0.25, 0.3) is 0 Å². The molecule has 1 aromatic heterocycles. The Morgan fingerprint density at radius 2 is 2.06 bits per heavy atom. The maximum absolute atomic E-state index is 11.9. The molecule has 1 aliphatic rings. The normalized spacial score (nSPS) is 19.6. The maximum Gasteiger partial charge on any atom is 0.269 e. The van der Waals surface area contributed by atoms with Crippen LogP contribution in [0.15, 0.2) is 4.34 Å². The Bertz CT molecular complexity index is 491. The van der Waals surface area contributed by atoms with Gasteiger partial charge in [-0.15, -0.1) is 10.2 Å². The van der Waals surface area contributed by atoms with Crippen molar-refractivity contribution in [3.8, 4) is 0 Å². The van der Waals surface area contributed by atoms with Gasteiger partial charge in [-0.25, -0.2) is 13.1 Å². The van der Waals surface area contributed by atoms with E-state index in [0.717, 1.165) is 24.2 Å². The molecule has 0 bridgehead atoms. The minimum Gasteiger partial charge on any atom is -0.374 e. The lowest BCUT2D eigenvalue weighted by Crippen LogP contribution is -2.34. The number of nitrogens with two attached hydrogens (primary N) is 1. The minimum atomic E-state index is -3.55. The highest BCUT2D eigenvalue weighted by Gasteiger charge is 2.31. The summed E-state index contributed by atoms with van der Waals surface area (Å²) in [5.74, 6) is 0. The largest absolute Gasteiger partial charge is 0.374 e. The number of nitrogens with zero attached hydrogens (tertiary/aromatic N) is 2. The van der Waals surface area contributed by atoms with Crippen molar-refractivity contribution in [3.05, 3.63) is 0 Å². The summed E-state index contributed by atoms with van der Waals surface area (Å²) in [5, 5.41) is 7.22. The van der Waals surface area contributed by atoms with Crippen LogP contribution in [0.3, 0.4) is 0 Å². The summed E-state index contributed by atoms with van der Waals surface area (Å²) < 4.78 is 26.3. The van der Waals surface area contributed by atoms with E-state index in [-0.39, 0.29) is 14.9 Å². The molecule has 1 saturated carbocycles. The van der Waals surface area contributed by atoms with Crippen LogP contribution in [0.2, 0.25) is 0 Å². The van der Waals surface area contributed by atoms with E-state index in [1.54, 1.807) is 0 Å². The molecular formula is C9H16N4O2S2. The molecule has 1 aliphatic carbocycles. The number of hydrogen-bond acceptors (Lipinski definition) is 6. The number of aromatic nitrogens is 2. The summed E-state index contributed by atoms with van der Waals surface area (Å²) in [6.07, 6.45) is 4.47. The lowest BCUT2D eigenvalue weighted by Gasteiger charge is -2.22. The van der Waals surface area contributed by atoms with Crippen molar-refractivity contribution in [3.63, 3.8) is 0 Å². The molecular weight excluding hydrogens is 260 g/mol. The highest BCUT2D eigenvalue weighted by Crippen LogP contribution is 2.37. The van der Waals surface area contributed by atoms with E-state index in [1.807, 2.05) is 0 Å². The Hall–Kier alpha value is -0.730. The van der Waals surface area contributed by atoms with E-state index in [9.17, 15) is 8.42 Å². The highest BCUT2D eigenvalue weighted by molar-refractivity contribution is 7.91. The van der Waals surface area contributed by atoms with E-state index < -0.39 is 10.0 Å². The highest BCUT2D eigenvalue weighted by atomic mass is 32.2. The summed E-state index contributed by atoms with van der Waals surface area (Å²) in [6.45, 7) is 2.56. The van der Waals surface area contributed by atoms with Crippen molar-refractivity contribution in [2.24, 2.45) is 5.41 Å². The average Bonchev–Trinajstić information content (AvgIpc) is 2.86. The lowest BCUT2D eigenvalue weighted by molar-refractivity contribution is 0.336. The van der Waals surface area contributed by atoms with E-state index >= 15 is 0 Å². The number of rotatable bonds is 4. The molecule has 8 heteroatoms. The predicted octanol–water partition coefficient (Wildman–Crippen LogP) is 0.979. The van der Waals surface area contributed by atoms with Gasteiger partial charge in [0.1, 0.15) is 0 Å². The van der Waals surface area contributed by atoms with Crippen molar-refractivity contribution >= 4 is 26.5 Å². The maximum atomic E-state index is 11.9. The van der Waals surface area contributed by atoms with Crippen LogP contribution >= 0.6 is 11.3 Å². The second kappa shape index (κ2) is 4.51. The molecule has 0 amide bonds. The average molecular weight is 276 g/mol. The summed E-state index contributed by atoms with van der Waals surface area (Å²) in [4.78, 5) is 0. The first-order chi connectivity index (χ1) is 7.91. The first-order valence-corrected chi connectivity index (χ1v) is 7.80. The van der Waals surface area contributed by atoms with Crippen molar-refractivity contribution in [1.29, 1.82) is 0 Å². The van der Waals surface area contributed by atoms with Crippen molar-refractivity contribution in [2.45, 2.75) is 36.9 Å². The molecule has 1 fully saturated rings. The Kier molecular flexibility index (Phi) is 3.37. The molecule has 0 aromatic carbocycles. The zero-order valence-corrected chi connectivity index (χ0v) is 11.3. The van der Waals surface area contributed by atoms with Crippen LogP contribution in [0.5, 0.6) is 0 Å². The summed E-state index contributed by atoms with van der Waals surface area (Å²) in [7, 11) is -3.55. The number of nitrogens with one attached hydrogen (secondary N) is 1. The summed E-state index contributed by atoms with van der Waals surface area (Å²) >= 11 is 0.881. The zero-order valence-electron chi connectivity index (χ0n) is 9.64. The third-order valence-corrected chi connectivity index (χ3v) is 5.67. The predicted molar refractivity (Wildman–Crippen MR) is 66.1 cm³/mol. The van der Waals surface area contributed by atoms with E-state index in [0.29, 0.717) is 6.54 Å². The Morgan fingerprint density at radius 3 is 2.59 bits per heavy atom. The van der Waals surface area contributed by atoms with Crippen LogP contribution < -0.4 is 10.5 Å². The van der Waals surface area contributed by atoms with Gasteiger partial charge in [0.25, 0.3) is 10.0 Å². The first-order valence-electron chi connectivity index (χ1n) is 5.50. The zero-order chi connectivity index (χ0) is 12.5. The fourth-order valence-electron chi connectivity index (χ4n) is 2.07. The number of nitrogen functional groups attached to an aromatic ring is 1. The summed E-state index contributed by atoms with van der Waals surface area (Å²) in [6, 6.07) is 0. The van der Waals surface area contributed by atoms with Gasteiger partial charge in [0.15, 0.2) is 0 Å². The molecule has 0 atom stereocenters. The van der Waals surface area contributed by atoms with E-state index in [1.165, 1.54) is 12.8 Å². The summed E-state index contributed by atoms with van der Waals surface area (Å²) in [5.41, 5.74) is 5.44. The Balaban J connectivity index is 2.03. The van der Waals surface area contributed by atoms with Gasteiger partial charge >= 0.3 is 0 Å². The van der Waals surface area contributed by atoms with Gasteiger partial charge < -0.3 is 5.73 Å². The molecule has 0 saturated heterocycles. The third-order valence-electron chi connectivity index (χ3n) is 3.15. The van der Waals surface area contributed by atoms with Crippen LogP contribution in [0.1, 0.15) is 32.6 Å². The number of hydrogen-bond donors (Lipinski definition) is 2. The lowest BCUT2D eigenvalue weighted by atomic mass is 9.89. The van der Waals surface area contributed by atoms with Crippen molar-refractivity contribution < 1.29 is 8.42 Å². The van der Waals surface area contributed by atoms with Gasteiger partial charge in [0.05, 0.1) is 0 Å². The standard InChI is InChI=1S/C9H16N4O2S2/c1-9(4-2-3-5-9)6-11-17(14,15)8-13-12-7(10)16-8/h11H,2-6H2,1H3,(H2,10,12). The van der Waals surface area contributed by atoms with Crippen molar-refractivity contribution in [2.75, 3.05) is 12.3 Å². The topological polar surface area (TPSA) is 98.0 Å². The van der Waals surface area contributed by atoms with Crippen LogP contribution in [-0.4, -0.2) is 25.2 Å². The monoisotopic (exact) mass is 276 g/mol. The van der Waals surface area contributed by atoms with Crippen LogP contribution in [0, 0.1) is 5.41 Å². The molecule has 0 spiro atoms. The quantitative estimate of drug-likeness (QED) is 0.854. The number of anilines is 1. The molecule has 3 N–H and O–H groups in total. The molecule has 17 heavy (non-hydrogen) atoms. The fourth-order valence-corrected chi connectivity index (χ4v) is 4.09. The Labute approximate surface area is 105 Å². The molecule has 1 aromatic rings. The SMILES string of the molecule is CC1(CNS(=O)(=O)c2nnc(N)s2)CCCC1. The molecule has 6 nitrogen and oxygen atoms in total. The van der Waals surface area contributed by atoms with Crippen LogP contribution in [-0.2, 0) is 10.0 Å². The van der Waals surface area contributed by atoms with Gasteiger partial charge in [-0.05, 0) is 18.3 Å². The van der Waals surface area contributed by atoms with Gasteiger partial charge in [-0.1, -0.05) is 31.1 Å². The van der Waals surface area contributed by atoms with Gasteiger partial charge in [0, 0.05) is 6.54 Å². The van der Waals surface area contributed by atoms with Gasteiger partial charge in [-0.2, -0.15) is 0 Å². The molecule has 0 radical (unpaired) electrons. The first kappa shape index (κ1) is 12.7. The molecule has 96 valence electrons. The second-order valence-electron chi connectivity index (χ2n) is 4.75. The fraction of sp³-hybridized carbons (Fsp3) is 0.778. The van der Waals surface area contributed by atoms with E-state index in [4.69, 9.17) is 5.73 Å². The third kappa shape index (κ3) is 2.93. The van der Waals surface area contributed by atoms with Crippen LogP contribution in [0.4, 0.5) is 5.13 Å². The smallest absolute Gasteiger partial charge is 0.269 e. The molecule has 0 aliphatic heterocycles. The molecule has 2 rings (SSSR count). The van der Waals surface area contributed by atoms with Crippen molar-refractivity contribution in [1.82, 2.24) is 14.9 Å². The Morgan fingerprint density at radius 1 is 1.41 bits per heavy atom. The molecule has 0 unspecified atom stereocenters. The molecule has 1 heterocycles.